The van der Waals surface area contributed by atoms with Crippen LogP contribution in [0.25, 0.3) is 22.3 Å². The van der Waals surface area contributed by atoms with Gasteiger partial charge in [-0.1, -0.05) is 11.6 Å². The fourth-order valence-corrected chi connectivity index (χ4v) is 4.14. The first-order valence-electron chi connectivity index (χ1n) is 10.8. The number of ether oxygens (including phenoxy) is 2. The van der Waals surface area contributed by atoms with Gasteiger partial charge in [0.25, 0.3) is 0 Å². The first-order valence-corrected chi connectivity index (χ1v) is 11.2. The minimum atomic E-state index is -0.698. The third kappa shape index (κ3) is 4.50. The standard InChI is InChI=1S/C22H26ClFN6O4/c1-11(2)30-16-8-12(7-14(24)19(16)28-21(30)29(3)22(32)33-4)18-13(23)9-25-20(27-18)26-15-5-6-34-10-17(15)31/h7-9,11,15,17,31H,5-6,10H2,1-4H3,(H,25,26,27)/t15-,17-/m1/s1. The third-order valence-electron chi connectivity index (χ3n) is 5.65. The summed E-state index contributed by atoms with van der Waals surface area (Å²) < 4.78 is 27.0. The fraction of sp³-hybridized carbons (Fsp3) is 0.455. The molecule has 3 heterocycles. The average Bonchev–Trinajstić information content (AvgIpc) is 3.21. The number of aliphatic hydroxyl groups is 1. The van der Waals surface area contributed by atoms with E-state index >= 15 is 4.39 Å². The van der Waals surface area contributed by atoms with E-state index in [1.165, 1.54) is 31.3 Å². The molecule has 0 aliphatic carbocycles. The van der Waals surface area contributed by atoms with Gasteiger partial charge in [-0.3, -0.25) is 4.90 Å². The van der Waals surface area contributed by atoms with Crippen LogP contribution in [0.1, 0.15) is 26.3 Å². The molecule has 0 unspecified atom stereocenters. The van der Waals surface area contributed by atoms with Gasteiger partial charge in [-0.25, -0.2) is 24.1 Å². The van der Waals surface area contributed by atoms with Crippen molar-refractivity contribution in [3.05, 3.63) is 29.2 Å². The summed E-state index contributed by atoms with van der Waals surface area (Å²) in [6.45, 7) is 4.54. The number of anilines is 2. The van der Waals surface area contributed by atoms with E-state index in [1.807, 2.05) is 13.8 Å². The number of benzene rings is 1. The number of nitrogens with zero attached hydrogens (tertiary/aromatic N) is 5. The lowest BCUT2D eigenvalue weighted by Crippen LogP contribution is -2.42. The molecule has 4 rings (SSSR count). The Morgan fingerprint density at radius 1 is 1.41 bits per heavy atom. The van der Waals surface area contributed by atoms with E-state index in [-0.39, 0.29) is 41.1 Å². The van der Waals surface area contributed by atoms with Gasteiger partial charge in [0.1, 0.15) is 5.52 Å². The van der Waals surface area contributed by atoms with Crippen molar-refractivity contribution in [1.82, 2.24) is 19.5 Å². The molecule has 2 atom stereocenters. The minimum absolute atomic E-state index is 0.108. The highest BCUT2D eigenvalue weighted by Gasteiger charge is 2.26. The van der Waals surface area contributed by atoms with Gasteiger partial charge in [0, 0.05) is 25.3 Å². The number of aromatic nitrogens is 4. The SMILES string of the molecule is COC(=O)N(C)c1nc2c(F)cc(-c3nc(N[C@@H]4CCOC[C@H]4O)ncc3Cl)cc2n1C(C)C. The third-order valence-corrected chi connectivity index (χ3v) is 5.93. The number of rotatable bonds is 5. The van der Waals surface area contributed by atoms with E-state index in [4.69, 9.17) is 21.1 Å². The van der Waals surface area contributed by atoms with Crippen LogP contribution in [0, 0.1) is 5.82 Å². The quantitative estimate of drug-likeness (QED) is 0.555. The summed E-state index contributed by atoms with van der Waals surface area (Å²) in [6.07, 6.45) is 0.696. The highest BCUT2D eigenvalue weighted by atomic mass is 35.5. The summed E-state index contributed by atoms with van der Waals surface area (Å²) >= 11 is 6.39. The summed E-state index contributed by atoms with van der Waals surface area (Å²) in [6, 6.07) is 2.60. The smallest absolute Gasteiger partial charge is 0.416 e. The van der Waals surface area contributed by atoms with E-state index in [0.717, 1.165) is 0 Å². The number of imidazole rings is 1. The average molecular weight is 493 g/mol. The number of nitrogens with one attached hydrogen (secondary N) is 1. The van der Waals surface area contributed by atoms with Crippen LogP contribution in [0.4, 0.5) is 21.1 Å². The molecule has 182 valence electrons. The second-order valence-electron chi connectivity index (χ2n) is 8.30. The van der Waals surface area contributed by atoms with E-state index in [1.54, 1.807) is 10.6 Å². The summed E-state index contributed by atoms with van der Waals surface area (Å²) in [5.41, 5.74) is 1.32. The number of hydrogen-bond acceptors (Lipinski definition) is 8. The van der Waals surface area contributed by atoms with E-state index in [0.29, 0.717) is 29.8 Å². The molecule has 1 saturated heterocycles. The lowest BCUT2D eigenvalue weighted by atomic mass is 10.1. The molecule has 10 nitrogen and oxygen atoms in total. The minimum Gasteiger partial charge on any atom is -0.452 e. The molecule has 2 aromatic heterocycles. The van der Waals surface area contributed by atoms with Crippen molar-refractivity contribution >= 4 is 40.6 Å². The topological polar surface area (TPSA) is 115 Å². The normalized spacial score (nSPS) is 18.4. The highest BCUT2D eigenvalue weighted by molar-refractivity contribution is 6.33. The van der Waals surface area contributed by atoms with Gasteiger partial charge in [0.05, 0.1) is 48.3 Å². The van der Waals surface area contributed by atoms with Gasteiger partial charge in [0.15, 0.2) is 5.82 Å². The predicted octanol–water partition coefficient (Wildman–Crippen LogP) is 3.63. The molecule has 0 bridgehead atoms. The predicted molar refractivity (Wildman–Crippen MR) is 126 cm³/mol. The van der Waals surface area contributed by atoms with Crippen molar-refractivity contribution in [2.75, 3.05) is 37.6 Å². The fourth-order valence-electron chi connectivity index (χ4n) is 3.94. The van der Waals surface area contributed by atoms with Gasteiger partial charge in [-0.05, 0) is 32.4 Å². The first-order chi connectivity index (χ1) is 16.2. The zero-order valence-electron chi connectivity index (χ0n) is 19.2. The van der Waals surface area contributed by atoms with Gasteiger partial charge in [-0.15, -0.1) is 0 Å². The first kappa shape index (κ1) is 24.1. The van der Waals surface area contributed by atoms with Crippen molar-refractivity contribution in [2.24, 2.45) is 0 Å². The Labute approximate surface area is 200 Å². The van der Waals surface area contributed by atoms with E-state index in [9.17, 15) is 9.90 Å². The van der Waals surface area contributed by atoms with E-state index in [2.05, 4.69) is 20.3 Å². The number of halogens is 2. The summed E-state index contributed by atoms with van der Waals surface area (Å²) in [5, 5.41) is 13.5. The Hall–Kier alpha value is -3.02. The van der Waals surface area contributed by atoms with Gasteiger partial charge >= 0.3 is 6.09 Å². The Morgan fingerprint density at radius 3 is 2.85 bits per heavy atom. The largest absolute Gasteiger partial charge is 0.452 e. The number of methoxy groups -OCH3 is 1. The Bertz CT molecular complexity index is 1220. The highest BCUT2D eigenvalue weighted by Crippen LogP contribution is 2.34. The maximum atomic E-state index is 15.2. The number of carbonyl (C=O) groups excluding carboxylic acids is 1. The molecule has 12 heteroatoms. The molecular weight excluding hydrogens is 467 g/mol. The molecule has 1 aliphatic rings. The van der Waals surface area contributed by atoms with E-state index < -0.39 is 18.0 Å². The molecule has 34 heavy (non-hydrogen) atoms. The number of amides is 1. The van der Waals surface area contributed by atoms with Crippen LogP contribution in [0.5, 0.6) is 0 Å². The molecule has 1 amide bonds. The molecule has 1 aromatic carbocycles. The van der Waals surface area contributed by atoms with Crippen LogP contribution in [0.15, 0.2) is 18.3 Å². The van der Waals surface area contributed by atoms with Crippen LogP contribution < -0.4 is 10.2 Å². The lowest BCUT2D eigenvalue weighted by Gasteiger charge is -2.28. The van der Waals surface area contributed by atoms with Gasteiger partial charge < -0.3 is 24.5 Å². The molecule has 0 radical (unpaired) electrons. The van der Waals surface area contributed by atoms with Gasteiger partial charge in [-0.2, -0.15) is 0 Å². The number of aliphatic hydroxyl groups excluding tert-OH is 1. The van der Waals surface area contributed by atoms with Crippen molar-refractivity contribution in [3.63, 3.8) is 0 Å². The maximum absolute atomic E-state index is 15.2. The van der Waals surface area contributed by atoms with Gasteiger partial charge in [0.2, 0.25) is 11.9 Å². The zero-order chi connectivity index (χ0) is 24.6. The summed E-state index contributed by atoms with van der Waals surface area (Å²) in [4.78, 5) is 26.4. The number of fused-ring (bicyclic) bond motifs is 1. The van der Waals surface area contributed by atoms with Crippen LogP contribution in [-0.2, 0) is 9.47 Å². The molecule has 3 aromatic rings. The molecule has 1 fully saturated rings. The Balaban J connectivity index is 1.79. The summed E-state index contributed by atoms with van der Waals surface area (Å²) in [5.74, 6) is -0.0812. The van der Waals surface area contributed by atoms with Crippen molar-refractivity contribution in [3.8, 4) is 11.3 Å². The second kappa shape index (κ2) is 9.69. The monoisotopic (exact) mass is 492 g/mol. The lowest BCUT2D eigenvalue weighted by molar-refractivity contribution is -0.0136. The molecule has 2 N–H and O–H groups in total. The number of hydrogen-bond donors (Lipinski definition) is 2. The van der Waals surface area contributed by atoms with Crippen LogP contribution in [0.2, 0.25) is 5.02 Å². The summed E-state index contributed by atoms with van der Waals surface area (Å²) in [7, 11) is 2.77. The van der Waals surface area contributed by atoms with Crippen LogP contribution >= 0.6 is 11.6 Å². The van der Waals surface area contributed by atoms with Crippen molar-refractivity contribution in [2.45, 2.75) is 38.5 Å². The van der Waals surface area contributed by atoms with Crippen LogP contribution in [0.3, 0.4) is 0 Å². The second-order valence-corrected chi connectivity index (χ2v) is 8.71. The van der Waals surface area contributed by atoms with Crippen molar-refractivity contribution < 1.29 is 23.8 Å². The van der Waals surface area contributed by atoms with Crippen LogP contribution in [-0.4, -0.2) is 70.2 Å². The Morgan fingerprint density at radius 2 is 2.18 bits per heavy atom. The molecule has 0 saturated carbocycles. The Kier molecular flexibility index (Phi) is 6.87. The number of carbonyl (C=O) groups is 1. The molecule has 0 spiro atoms. The van der Waals surface area contributed by atoms with Crippen molar-refractivity contribution in [1.29, 1.82) is 0 Å². The molecular formula is C22H26ClFN6O4. The maximum Gasteiger partial charge on any atom is 0.416 e. The zero-order valence-corrected chi connectivity index (χ0v) is 20.0. The molecule has 1 aliphatic heterocycles.